The van der Waals surface area contributed by atoms with E-state index in [0.717, 1.165) is 32.4 Å². The zero-order chi connectivity index (χ0) is 15.2. The van der Waals surface area contributed by atoms with Crippen LogP contribution in [0.4, 0.5) is 0 Å². The van der Waals surface area contributed by atoms with Crippen molar-refractivity contribution in [1.82, 2.24) is 5.32 Å². The molecule has 0 bridgehead atoms. The molecule has 120 valence electrons. The molecule has 0 aromatic carbocycles. The van der Waals surface area contributed by atoms with Crippen LogP contribution in [0.25, 0.3) is 0 Å². The second-order valence-electron chi connectivity index (χ2n) is 7.22. The molecule has 1 fully saturated rings. The van der Waals surface area contributed by atoms with Crippen LogP contribution in [0.2, 0.25) is 0 Å². The molecule has 0 aliphatic carbocycles. The summed E-state index contributed by atoms with van der Waals surface area (Å²) in [5, 5.41) is 3.41. The predicted octanol–water partition coefficient (Wildman–Crippen LogP) is 2.10. The number of hydrogen-bond acceptors (Lipinski definition) is 4. The highest BCUT2D eigenvalue weighted by Gasteiger charge is 2.33. The maximum absolute atomic E-state index is 11.7. The summed E-state index contributed by atoms with van der Waals surface area (Å²) in [6.07, 6.45) is 3.08. The van der Waals surface area contributed by atoms with Crippen molar-refractivity contribution < 1.29 is 13.2 Å². The molecule has 1 heterocycles. The van der Waals surface area contributed by atoms with Crippen LogP contribution in [0.5, 0.6) is 0 Å². The zero-order valence-electron chi connectivity index (χ0n) is 13.4. The molecule has 1 N–H and O–H groups in total. The molecule has 20 heavy (non-hydrogen) atoms. The fourth-order valence-electron chi connectivity index (χ4n) is 2.78. The Balaban J connectivity index is 2.50. The van der Waals surface area contributed by atoms with Crippen LogP contribution < -0.4 is 5.32 Å². The topological polar surface area (TPSA) is 55.4 Å². The van der Waals surface area contributed by atoms with Crippen LogP contribution in [-0.2, 0) is 14.6 Å². The average Bonchev–Trinajstić information content (AvgIpc) is 2.67. The molecule has 4 nitrogen and oxygen atoms in total. The Bertz CT molecular complexity index is 373. The van der Waals surface area contributed by atoms with E-state index in [1.54, 1.807) is 7.11 Å². The normalized spacial score (nSPS) is 23.9. The lowest BCUT2D eigenvalue weighted by molar-refractivity contribution is 0.193. The molecule has 1 rings (SSSR count). The lowest BCUT2D eigenvalue weighted by Crippen LogP contribution is -2.31. The Hall–Kier alpha value is -0.130. The average molecular weight is 305 g/mol. The van der Waals surface area contributed by atoms with Gasteiger partial charge >= 0.3 is 0 Å². The van der Waals surface area contributed by atoms with E-state index in [4.69, 9.17) is 4.74 Å². The van der Waals surface area contributed by atoms with Crippen molar-refractivity contribution in [2.45, 2.75) is 40.0 Å². The summed E-state index contributed by atoms with van der Waals surface area (Å²) in [4.78, 5) is 0. The second-order valence-corrected chi connectivity index (χ2v) is 9.45. The summed E-state index contributed by atoms with van der Waals surface area (Å²) < 4.78 is 28.4. The molecule has 0 aromatic rings. The molecule has 0 aromatic heterocycles. The molecule has 2 atom stereocenters. The number of nitrogens with one attached hydrogen (secondary N) is 1. The van der Waals surface area contributed by atoms with Gasteiger partial charge in [0.25, 0.3) is 0 Å². The minimum Gasteiger partial charge on any atom is -0.383 e. The van der Waals surface area contributed by atoms with E-state index >= 15 is 0 Å². The monoisotopic (exact) mass is 305 g/mol. The second kappa shape index (κ2) is 7.76. The van der Waals surface area contributed by atoms with Crippen molar-refractivity contribution in [3.05, 3.63) is 0 Å². The summed E-state index contributed by atoms with van der Waals surface area (Å²) in [6, 6.07) is 0. The van der Waals surface area contributed by atoms with E-state index in [9.17, 15) is 8.42 Å². The summed E-state index contributed by atoms with van der Waals surface area (Å²) >= 11 is 0. The SMILES string of the molecule is COCCNCC(CCC(C)(C)C)C1CCS(=O)(=O)C1. The number of rotatable bonds is 8. The Morgan fingerprint density at radius 1 is 1.35 bits per heavy atom. The smallest absolute Gasteiger partial charge is 0.150 e. The van der Waals surface area contributed by atoms with Gasteiger partial charge in [0.1, 0.15) is 0 Å². The van der Waals surface area contributed by atoms with Gasteiger partial charge in [-0.25, -0.2) is 8.42 Å². The first kappa shape index (κ1) is 17.9. The van der Waals surface area contributed by atoms with Crippen LogP contribution in [0.1, 0.15) is 40.0 Å². The fraction of sp³-hybridized carbons (Fsp3) is 1.00. The molecule has 5 heteroatoms. The van der Waals surface area contributed by atoms with Crippen LogP contribution in [-0.4, -0.2) is 46.7 Å². The Labute approximate surface area is 124 Å². The minimum atomic E-state index is -2.78. The van der Waals surface area contributed by atoms with Gasteiger partial charge in [-0.05, 0) is 43.1 Å². The van der Waals surface area contributed by atoms with Gasteiger partial charge in [-0.3, -0.25) is 0 Å². The lowest BCUT2D eigenvalue weighted by atomic mass is 9.81. The fourth-order valence-corrected chi connectivity index (χ4v) is 4.70. The third-order valence-corrected chi connectivity index (χ3v) is 5.88. The van der Waals surface area contributed by atoms with E-state index in [2.05, 4.69) is 26.1 Å². The summed E-state index contributed by atoms with van der Waals surface area (Å²) in [6.45, 7) is 9.17. The van der Waals surface area contributed by atoms with Crippen LogP contribution in [0, 0.1) is 17.3 Å². The van der Waals surface area contributed by atoms with Crippen LogP contribution in [0.15, 0.2) is 0 Å². The molecule has 1 aliphatic heterocycles. The van der Waals surface area contributed by atoms with Crippen molar-refractivity contribution in [3.8, 4) is 0 Å². The van der Waals surface area contributed by atoms with Gasteiger partial charge in [0.2, 0.25) is 0 Å². The lowest BCUT2D eigenvalue weighted by Gasteiger charge is -2.27. The predicted molar refractivity (Wildman–Crippen MR) is 83.7 cm³/mol. The van der Waals surface area contributed by atoms with E-state index in [1.165, 1.54) is 0 Å². The summed E-state index contributed by atoms with van der Waals surface area (Å²) in [5.74, 6) is 1.55. The van der Waals surface area contributed by atoms with Gasteiger partial charge in [-0.1, -0.05) is 20.8 Å². The van der Waals surface area contributed by atoms with Crippen molar-refractivity contribution in [3.63, 3.8) is 0 Å². The van der Waals surface area contributed by atoms with E-state index in [0.29, 0.717) is 35.4 Å². The summed E-state index contributed by atoms with van der Waals surface area (Å²) in [7, 11) is -1.09. The Morgan fingerprint density at radius 3 is 2.55 bits per heavy atom. The van der Waals surface area contributed by atoms with Gasteiger partial charge in [0, 0.05) is 13.7 Å². The Morgan fingerprint density at radius 2 is 2.05 bits per heavy atom. The van der Waals surface area contributed by atoms with Gasteiger partial charge in [0.05, 0.1) is 18.1 Å². The largest absolute Gasteiger partial charge is 0.383 e. The van der Waals surface area contributed by atoms with E-state index in [-0.39, 0.29) is 0 Å². The molecule has 1 aliphatic rings. The van der Waals surface area contributed by atoms with E-state index in [1.807, 2.05) is 0 Å². The maximum Gasteiger partial charge on any atom is 0.150 e. The first-order valence-corrected chi connectivity index (χ1v) is 9.46. The van der Waals surface area contributed by atoms with Crippen molar-refractivity contribution in [2.75, 3.05) is 38.3 Å². The number of hydrogen-bond donors (Lipinski definition) is 1. The maximum atomic E-state index is 11.7. The van der Waals surface area contributed by atoms with Crippen molar-refractivity contribution in [2.24, 2.45) is 17.3 Å². The molecule has 0 spiro atoms. The molecule has 0 amide bonds. The van der Waals surface area contributed by atoms with Gasteiger partial charge in [0.15, 0.2) is 9.84 Å². The highest BCUT2D eigenvalue weighted by molar-refractivity contribution is 7.91. The number of ether oxygens (including phenoxy) is 1. The first-order valence-electron chi connectivity index (χ1n) is 7.63. The molecule has 2 unspecified atom stereocenters. The molecule has 0 saturated carbocycles. The number of methoxy groups -OCH3 is 1. The number of sulfone groups is 1. The molecular weight excluding hydrogens is 274 g/mol. The summed E-state index contributed by atoms with van der Waals surface area (Å²) in [5.41, 5.74) is 0.308. The van der Waals surface area contributed by atoms with Crippen LogP contribution in [0.3, 0.4) is 0 Å². The standard InChI is InChI=1S/C15H31NO3S/c1-15(2,3)7-5-13(11-16-8-9-19-4)14-6-10-20(17,18)12-14/h13-14,16H,5-12H2,1-4H3. The van der Waals surface area contributed by atoms with Crippen molar-refractivity contribution >= 4 is 9.84 Å². The highest BCUT2D eigenvalue weighted by Crippen LogP contribution is 2.32. The highest BCUT2D eigenvalue weighted by atomic mass is 32.2. The van der Waals surface area contributed by atoms with Gasteiger partial charge < -0.3 is 10.1 Å². The van der Waals surface area contributed by atoms with Crippen molar-refractivity contribution in [1.29, 1.82) is 0 Å². The van der Waals surface area contributed by atoms with Gasteiger partial charge in [-0.2, -0.15) is 0 Å². The minimum absolute atomic E-state index is 0.308. The van der Waals surface area contributed by atoms with E-state index < -0.39 is 9.84 Å². The van der Waals surface area contributed by atoms with Crippen LogP contribution >= 0.6 is 0 Å². The quantitative estimate of drug-likeness (QED) is 0.698. The third-order valence-electron chi connectivity index (χ3n) is 4.09. The molecule has 1 saturated heterocycles. The first-order chi connectivity index (χ1) is 9.23. The Kier molecular flexibility index (Phi) is 6.95. The van der Waals surface area contributed by atoms with Gasteiger partial charge in [-0.15, -0.1) is 0 Å². The third kappa shape index (κ3) is 7.04. The molecule has 0 radical (unpaired) electrons. The zero-order valence-corrected chi connectivity index (χ0v) is 14.3. The molecular formula is C15H31NO3S.